The van der Waals surface area contributed by atoms with Crippen molar-refractivity contribution in [1.82, 2.24) is 4.98 Å². The van der Waals surface area contributed by atoms with E-state index in [2.05, 4.69) is 34.0 Å². The number of fused-ring (bicyclic) bond motifs is 1. The van der Waals surface area contributed by atoms with Crippen molar-refractivity contribution in [2.75, 3.05) is 11.9 Å². The molecule has 6 heteroatoms. The molecular weight excluding hydrogens is 483 g/mol. The Balaban J connectivity index is 1.54. The minimum atomic E-state index is -0.204. The number of hydrogen-bond acceptors (Lipinski definition) is 4. The molecule has 0 spiro atoms. The van der Waals surface area contributed by atoms with Crippen LogP contribution < -0.4 is 10.1 Å². The number of rotatable bonds is 5. The highest BCUT2D eigenvalue weighted by Crippen LogP contribution is 2.35. The fourth-order valence-corrected chi connectivity index (χ4v) is 4.25. The molecule has 4 nitrogen and oxygen atoms in total. The molecule has 1 heterocycles. The monoisotopic (exact) mass is 500 g/mol. The second-order valence-corrected chi connectivity index (χ2v) is 8.60. The van der Waals surface area contributed by atoms with Crippen LogP contribution in [-0.4, -0.2) is 17.5 Å². The van der Waals surface area contributed by atoms with Crippen LogP contribution >= 0.6 is 33.9 Å². The fourth-order valence-electron chi connectivity index (χ4n) is 2.76. The minimum Gasteiger partial charge on any atom is -0.484 e. The maximum atomic E-state index is 12.4. The SMILES string of the molecule is Cc1ccc(OCC(=O)Nc2ccc(I)cc2-c2nc3ccccc3s2)cc1. The van der Waals surface area contributed by atoms with E-state index in [1.165, 1.54) is 0 Å². The highest BCUT2D eigenvalue weighted by atomic mass is 127. The molecule has 4 rings (SSSR count). The normalized spacial score (nSPS) is 10.8. The number of nitrogens with zero attached hydrogens (tertiary/aromatic N) is 1. The van der Waals surface area contributed by atoms with Gasteiger partial charge in [0.25, 0.3) is 5.91 Å². The topological polar surface area (TPSA) is 51.2 Å². The molecule has 0 fully saturated rings. The van der Waals surface area contributed by atoms with Gasteiger partial charge < -0.3 is 10.1 Å². The number of nitrogens with one attached hydrogen (secondary N) is 1. The summed E-state index contributed by atoms with van der Waals surface area (Å²) in [6, 6.07) is 21.6. The van der Waals surface area contributed by atoms with Crippen molar-refractivity contribution in [3.63, 3.8) is 0 Å². The van der Waals surface area contributed by atoms with Crippen molar-refractivity contribution in [1.29, 1.82) is 0 Å². The third-order valence-corrected chi connectivity index (χ3v) is 5.91. The maximum Gasteiger partial charge on any atom is 0.262 e. The van der Waals surface area contributed by atoms with E-state index < -0.39 is 0 Å². The zero-order chi connectivity index (χ0) is 19.5. The summed E-state index contributed by atoms with van der Waals surface area (Å²) in [4.78, 5) is 17.2. The second-order valence-electron chi connectivity index (χ2n) is 6.33. The van der Waals surface area contributed by atoms with Crippen LogP contribution in [0.1, 0.15) is 5.56 Å². The van der Waals surface area contributed by atoms with Crippen LogP contribution in [0.15, 0.2) is 66.7 Å². The van der Waals surface area contributed by atoms with Crippen LogP contribution in [-0.2, 0) is 4.79 Å². The summed E-state index contributed by atoms with van der Waals surface area (Å²) in [5.41, 5.74) is 3.76. The second kappa shape index (κ2) is 8.28. The lowest BCUT2D eigenvalue weighted by Crippen LogP contribution is -2.20. The van der Waals surface area contributed by atoms with Gasteiger partial charge in [0, 0.05) is 9.13 Å². The molecule has 0 bridgehead atoms. The summed E-state index contributed by atoms with van der Waals surface area (Å²) < 4.78 is 7.79. The van der Waals surface area contributed by atoms with Gasteiger partial charge in [0.15, 0.2) is 6.61 Å². The third-order valence-electron chi connectivity index (χ3n) is 4.17. The van der Waals surface area contributed by atoms with E-state index in [0.29, 0.717) is 5.75 Å². The molecule has 3 aromatic carbocycles. The van der Waals surface area contributed by atoms with Crippen LogP contribution in [0, 0.1) is 10.5 Å². The van der Waals surface area contributed by atoms with Gasteiger partial charge in [-0.3, -0.25) is 4.79 Å². The van der Waals surface area contributed by atoms with Crippen molar-refractivity contribution in [3.05, 3.63) is 75.9 Å². The van der Waals surface area contributed by atoms with Crippen molar-refractivity contribution in [2.45, 2.75) is 6.92 Å². The van der Waals surface area contributed by atoms with E-state index in [4.69, 9.17) is 9.72 Å². The standard InChI is InChI=1S/C22H17IN2O2S/c1-14-6-9-16(10-7-14)27-13-21(26)24-18-11-8-15(23)12-17(18)22-25-19-4-2-3-5-20(19)28-22/h2-12H,13H2,1H3,(H,24,26). The van der Waals surface area contributed by atoms with Gasteiger partial charge in [-0.25, -0.2) is 4.98 Å². The fraction of sp³-hybridized carbons (Fsp3) is 0.0909. The molecule has 0 radical (unpaired) electrons. The highest BCUT2D eigenvalue weighted by Gasteiger charge is 2.14. The number of halogens is 1. The van der Waals surface area contributed by atoms with Gasteiger partial charge in [-0.05, 0) is 72.0 Å². The summed E-state index contributed by atoms with van der Waals surface area (Å²) in [7, 11) is 0. The molecule has 0 saturated heterocycles. The van der Waals surface area contributed by atoms with Gasteiger partial charge in [-0.15, -0.1) is 11.3 Å². The van der Waals surface area contributed by atoms with Crippen molar-refractivity contribution in [2.24, 2.45) is 0 Å². The molecule has 4 aromatic rings. The van der Waals surface area contributed by atoms with Crippen LogP contribution in [0.5, 0.6) is 5.75 Å². The van der Waals surface area contributed by atoms with Gasteiger partial charge in [0.05, 0.1) is 15.9 Å². The summed E-state index contributed by atoms with van der Waals surface area (Å²) in [5.74, 6) is 0.471. The van der Waals surface area contributed by atoms with E-state index in [-0.39, 0.29) is 12.5 Å². The molecule has 1 aromatic heterocycles. The van der Waals surface area contributed by atoms with Gasteiger partial charge >= 0.3 is 0 Å². The van der Waals surface area contributed by atoms with Gasteiger partial charge in [-0.1, -0.05) is 29.8 Å². The first-order valence-corrected chi connectivity index (χ1v) is 10.6. The van der Waals surface area contributed by atoms with Gasteiger partial charge in [0.1, 0.15) is 10.8 Å². The number of aromatic nitrogens is 1. The van der Waals surface area contributed by atoms with E-state index in [0.717, 1.165) is 35.6 Å². The lowest BCUT2D eigenvalue weighted by atomic mass is 10.2. The molecule has 0 aliphatic heterocycles. The number of carbonyl (C=O) groups is 1. The lowest BCUT2D eigenvalue weighted by Gasteiger charge is -2.11. The predicted molar refractivity (Wildman–Crippen MR) is 123 cm³/mol. The predicted octanol–water partition coefficient (Wildman–Crippen LogP) is 5.89. The molecule has 1 amide bonds. The number of carbonyl (C=O) groups excluding carboxylic acids is 1. The first kappa shape index (κ1) is 18.9. The van der Waals surface area contributed by atoms with Crippen LogP contribution in [0.25, 0.3) is 20.8 Å². The Morgan fingerprint density at radius 2 is 1.89 bits per heavy atom. The van der Waals surface area contributed by atoms with Gasteiger partial charge in [-0.2, -0.15) is 0 Å². The summed E-state index contributed by atoms with van der Waals surface area (Å²) in [5, 5.41) is 3.85. The van der Waals surface area contributed by atoms with E-state index in [9.17, 15) is 4.79 Å². The number of amides is 1. The number of benzene rings is 3. The Morgan fingerprint density at radius 3 is 2.68 bits per heavy atom. The number of aryl methyl sites for hydroxylation is 1. The first-order valence-electron chi connectivity index (χ1n) is 8.73. The zero-order valence-electron chi connectivity index (χ0n) is 15.1. The Morgan fingerprint density at radius 1 is 1.11 bits per heavy atom. The highest BCUT2D eigenvalue weighted by molar-refractivity contribution is 14.1. The van der Waals surface area contributed by atoms with Crippen molar-refractivity contribution in [3.8, 4) is 16.3 Å². The van der Waals surface area contributed by atoms with Gasteiger partial charge in [0.2, 0.25) is 0 Å². The lowest BCUT2D eigenvalue weighted by molar-refractivity contribution is -0.118. The molecule has 140 valence electrons. The molecule has 28 heavy (non-hydrogen) atoms. The molecule has 0 aliphatic rings. The number of thiazole rings is 1. The minimum absolute atomic E-state index is 0.0473. The Kier molecular flexibility index (Phi) is 5.59. The summed E-state index contributed by atoms with van der Waals surface area (Å²) in [6.07, 6.45) is 0. The number of hydrogen-bond donors (Lipinski definition) is 1. The Labute approximate surface area is 180 Å². The largest absolute Gasteiger partial charge is 0.484 e. The molecule has 1 N–H and O–H groups in total. The van der Waals surface area contributed by atoms with Crippen LogP contribution in [0.3, 0.4) is 0 Å². The van der Waals surface area contributed by atoms with Crippen LogP contribution in [0.4, 0.5) is 5.69 Å². The Bertz CT molecular complexity index is 1110. The molecule has 0 unspecified atom stereocenters. The third kappa shape index (κ3) is 4.34. The average molecular weight is 500 g/mol. The number of para-hydroxylation sites is 1. The van der Waals surface area contributed by atoms with Crippen LogP contribution in [0.2, 0.25) is 0 Å². The summed E-state index contributed by atoms with van der Waals surface area (Å²) in [6.45, 7) is 1.96. The van der Waals surface area contributed by atoms with E-state index >= 15 is 0 Å². The molecule has 0 saturated carbocycles. The molecular formula is C22H17IN2O2S. The number of anilines is 1. The quantitative estimate of drug-likeness (QED) is 0.348. The van der Waals surface area contributed by atoms with Crippen molar-refractivity contribution >= 4 is 55.7 Å². The van der Waals surface area contributed by atoms with E-state index in [1.54, 1.807) is 11.3 Å². The zero-order valence-corrected chi connectivity index (χ0v) is 18.1. The summed E-state index contributed by atoms with van der Waals surface area (Å²) >= 11 is 3.88. The smallest absolute Gasteiger partial charge is 0.262 e. The first-order chi connectivity index (χ1) is 13.6. The van der Waals surface area contributed by atoms with E-state index in [1.807, 2.05) is 67.6 Å². The molecule has 0 aliphatic carbocycles. The Hall–Kier alpha value is -2.45. The molecule has 0 atom stereocenters. The average Bonchev–Trinajstić information content (AvgIpc) is 3.13. The maximum absolute atomic E-state index is 12.4. The number of ether oxygens (including phenoxy) is 1. The van der Waals surface area contributed by atoms with Crippen molar-refractivity contribution < 1.29 is 9.53 Å².